The summed E-state index contributed by atoms with van der Waals surface area (Å²) in [6.07, 6.45) is 1.36. The van der Waals surface area contributed by atoms with Crippen LogP contribution in [0.5, 0.6) is 0 Å². The lowest BCUT2D eigenvalue weighted by atomic mass is 9.93. The number of pyridine rings is 1. The second-order valence-corrected chi connectivity index (χ2v) is 4.99. The van der Waals surface area contributed by atoms with Gasteiger partial charge in [0.2, 0.25) is 0 Å². The van der Waals surface area contributed by atoms with E-state index >= 15 is 0 Å². The maximum atomic E-state index is 12.3. The second kappa shape index (κ2) is 6.01. The number of hydrogen-bond donors (Lipinski definition) is 2. The molecule has 4 nitrogen and oxygen atoms in total. The molecular weight excluding hydrogens is 252 g/mol. The number of nitrogens with zero attached hydrogens (tertiary/aromatic N) is 1. The predicted octanol–water partition coefficient (Wildman–Crippen LogP) is 2.52. The highest BCUT2D eigenvalue weighted by Gasteiger charge is 2.28. The molecule has 1 heterocycles. The van der Waals surface area contributed by atoms with Gasteiger partial charge >= 0.3 is 0 Å². The Kier molecular flexibility index (Phi) is 4.35. The van der Waals surface area contributed by atoms with Crippen molar-refractivity contribution in [3.05, 3.63) is 42.1 Å². The fraction of sp³-hybridized carbons (Fsp3) is 0.375. The normalized spacial score (nSPS) is 11.6. The van der Waals surface area contributed by atoms with Gasteiger partial charge in [0.05, 0.1) is 17.7 Å². The molecule has 0 unspecified atom stereocenters. The number of para-hydroxylation sites is 1. The van der Waals surface area contributed by atoms with Crippen molar-refractivity contribution >= 4 is 16.8 Å². The lowest BCUT2D eigenvalue weighted by molar-refractivity contribution is 0.0813. The number of amides is 1. The van der Waals surface area contributed by atoms with Gasteiger partial charge in [0.1, 0.15) is 5.69 Å². The minimum absolute atomic E-state index is 0.0701. The van der Waals surface area contributed by atoms with Crippen LogP contribution in [0.4, 0.5) is 0 Å². The zero-order chi connectivity index (χ0) is 14.6. The minimum Gasteiger partial charge on any atom is -0.394 e. The van der Waals surface area contributed by atoms with E-state index in [1.54, 1.807) is 6.07 Å². The van der Waals surface area contributed by atoms with Crippen LogP contribution in [0.3, 0.4) is 0 Å². The molecule has 20 heavy (non-hydrogen) atoms. The van der Waals surface area contributed by atoms with Crippen LogP contribution >= 0.6 is 0 Å². The van der Waals surface area contributed by atoms with Gasteiger partial charge in [-0.25, -0.2) is 4.98 Å². The second-order valence-electron chi connectivity index (χ2n) is 4.99. The van der Waals surface area contributed by atoms with Crippen LogP contribution in [-0.4, -0.2) is 28.1 Å². The monoisotopic (exact) mass is 272 g/mol. The van der Waals surface area contributed by atoms with Gasteiger partial charge in [-0.3, -0.25) is 4.79 Å². The van der Waals surface area contributed by atoms with Gasteiger partial charge in [0, 0.05) is 5.39 Å². The van der Waals surface area contributed by atoms with E-state index in [2.05, 4.69) is 10.3 Å². The molecule has 0 aliphatic heterocycles. The van der Waals surface area contributed by atoms with Gasteiger partial charge in [0.15, 0.2) is 0 Å². The third kappa shape index (κ3) is 2.80. The molecule has 1 amide bonds. The summed E-state index contributed by atoms with van der Waals surface area (Å²) in [5.41, 5.74) is 0.607. The van der Waals surface area contributed by atoms with Crippen molar-refractivity contribution in [2.24, 2.45) is 0 Å². The van der Waals surface area contributed by atoms with Crippen molar-refractivity contribution in [2.45, 2.75) is 32.2 Å². The molecule has 2 aromatic rings. The Morgan fingerprint density at radius 3 is 2.55 bits per heavy atom. The lowest BCUT2D eigenvalue weighted by Crippen LogP contribution is -2.50. The molecule has 1 aromatic heterocycles. The summed E-state index contributed by atoms with van der Waals surface area (Å²) in [4.78, 5) is 16.7. The van der Waals surface area contributed by atoms with Crippen LogP contribution in [-0.2, 0) is 0 Å². The van der Waals surface area contributed by atoms with Crippen LogP contribution < -0.4 is 5.32 Å². The standard InChI is InChI=1S/C16H20N2O2/c1-3-16(4-2,11-19)18-15(20)14-10-9-12-7-5-6-8-13(12)17-14/h5-10,19H,3-4,11H2,1-2H3,(H,18,20). The van der Waals surface area contributed by atoms with E-state index in [1.165, 1.54) is 0 Å². The number of aliphatic hydroxyl groups excluding tert-OH is 1. The lowest BCUT2D eigenvalue weighted by Gasteiger charge is -2.30. The van der Waals surface area contributed by atoms with Gasteiger partial charge in [-0.1, -0.05) is 38.1 Å². The number of carbonyl (C=O) groups is 1. The Hall–Kier alpha value is -1.94. The summed E-state index contributed by atoms with van der Waals surface area (Å²) in [5, 5.41) is 13.4. The first-order valence-corrected chi connectivity index (χ1v) is 6.93. The average Bonchev–Trinajstić information content (AvgIpc) is 2.52. The molecule has 0 radical (unpaired) electrons. The molecule has 2 N–H and O–H groups in total. The molecule has 0 saturated heterocycles. The summed E-state index contributed by atoms with van der Waals surface area (Å²) >= 11 is 0. The van der Waals surface area contributed by atoms with Crippen molar-refractivity contribution < 1.29 is 9.90 Å². The molecule has 0 aliphatic carbocycles. The number of aliphatic hydroxyl groups is 1. The van der Waals surface area contributed by atoms with Gasteiger partial charge in [-0.05, 0) is 25.0 Å². The minimum atomic E-state index is -0.565. The number of fused-ring (bicyclic) bond motifs is 1. The largest absolute Gasteiger partial charge is 0.394 e. The van der Waals surface area contributed by atoms with Gasteiger partial charge in [-0.15, -0.1) is 0 Å². The number of benzene rings is 1. The summed E-state index contributed by atoms with van der Waals surface area (Å²) in [5.74, 6) is -0.242. The Labute approximate surface area is 118 Å². The molecule has 106 valence electrons. The Bertz CT molecular complexity index is 598. The summed E-state index contributed by atoms with van der Waals surface area (Å²) in [6.45, 7) is 3.83. The van der Waals surface area contributed by atoms with Crippen molar-refractivity contribution in [3.8, 4) is 0 Å². The molecule has 4 heteroatoms. The maximum absolute atomic E-state index is 12.3. The number of nitrogens with one attached hydrogen (secondary N) is 1. The van der Waals surface area contributed by atoms with Gasteiger partial charge < -0.3 is 10.4 Å². The Balaban J connectivity index is 2.27. The van der Waals surface area contributed by atoms with Crippen molar-refractivity contribution in [3.63, 3.8) is 0 Å². The number of carbonyl (C=O) groups excluding carboxylic acids is 1. The predicted molar refractivity (Wildman–Crippen MR) is 79.6 cm³/mol. The van der Waals surface area contributed by atoms with E-state index in [1.807, 2.05) is 44.2 Å². The zero-order valence-corrected chi connectivity index (χ0v) is 11.9. The third-order valence-corrected chi connectivity index (χ3v) is 3.87. The molecule has 0 atom stereocenters. The SMILES string of the molecule is CCC(CC)(CO)NC(=O)c1ccc2ccccc2n1. The highest BCUT2D eigenvalue weighted by molar-refractivity contribution is 5.95. The van der Waals surface area contributed by atoms with Gasteiger partial charge in [0.25, 0.3) is 5.91 Å². The summed E-state index contributed by atoms with van der Waals surface area (Å²) < 4.78 is 0. The molecular formula is C16H20N2O2. The molecule has 0 fully saturated rings. The topological polar surface area (TPSA) is 62.2 Å². The van der Waals surface area contributed by atoms with Crippen LogP contribution in [0.25, 0.3) is 10.9 Å². The molecule has 2 rings (SSSR count). The summed E-state index contributed by atoms with van der Waals surface area (Å²) in [6, 6.07) is 11.3. The van der Waals surface area contributed by atoms with Crippen LogP contribution in [0, 0.1) is 0 Å². The van der Waals surface area contributed by atoms with Crippen LogP contribution in [0.1, 0.15) is 37.2 Å². The first kappa shape index (κ1) is 14.5. The van der Waals surface area contributed by atoms with E-state index in [0.29, 0.717) is 18.5 Å². The first-order chi connectivity index (χ1) is 9.64. The highest BCUT2D eigenvalue weighted by atomic mass is 16.3. The molecule has 0 bridgehead atoms. The first-order valence-electron chi connectivity index (χ1n) is 6.93. The van der Waals surface area contributed by atoms with E-state index < -0.39 is 5.54 Å². The van der Waals surface area contributed by atoms with Gasteiger partial charge in [-0.2, -0.15) is 0 Å². The van der Waals surface area contributed by atoms with Crippen LogP contribution in [0.15, 0.2) is 36.4 Å². The average molecular weight is 272 g/mol. The van der Waals surface area contributed by atoms with Crippen molar-refractivity contribution in [1.29, 1.82) is 0 Å². The Morgan fingerprint density at radius 2 is 1.90 bits per heavy atom. The van der Waals surface area contributed by atoms with Crippen molar-refractivity contribution in [2.75, 3.05) is 6.61 Å². The molecule has 0 spiro atoms. The molecule has 0 saturated carbocycles. The van der Waals surface area contributed by atoms with E-state index in [0.717, 1.165) is 10.9 Å². The summed E-state index contributed by atoms with van der Waals surface area (Å²) in [7, 11) is 0. The number of hydrogen-bond acceptors (Lipinski definition) is 3. The number of aromatic nitrogens is 1. The van der Waals surface area contributed by atoms with E-state index in [9.17, 15) is 9.90 Å². The smallest absolute Gasteiger partial charge is 0.270 e. The quantitative estimate of drug-likeness (QED) is 0.879. The Morgan fingerprint density at radius 1 is 1.20 bits per heavy atom. The highest BCUT2D eigenvalue weighted by Crippen LogP contribution is 2.16. The number of rotatable bonds is 5. The van der Waals surface area contributed by atoms with Crippen molar-refractivity contribution in [1.82, 2.24) is 10.3 Å². The molecule has 1 aromatic carbocycles. The maximum Gasteiger partial charge on any atom is 0.270 e. The van der Waals surface area contributed by atoms with Crippen LogP contribution in [0.2, 0.25) is 0 Å². The fourth-order valence-electron chi connectivity index (χ4n) is 2.19. The van der Waals surface area contributed by atoms with E-state index in [-0.39, 0.29) is 12.5 Å². The zero-order valence-electron chi connectivity index (χ0n) is 11.9. The van der Waals surface area contributed by atoms with E-state index in [4.69, 9.17) is 0 Å². The molecule has 0 aliphatic rings. The third-order valence-electron chi connectivity index (χ3n) is 3.87. The fourth-order valence-corrected chi connectivity index (χ4v) is 2.19.